The third-order valence-electron chi connectivity index (χ3n) is 4.92. The second kappa shape index (κ2) is 11.6. The van der Waals surface area contributed by atoms with Crippen molar-refractivity contribution in [2.45, 2.75) is 76.8 Å². The normalized spacial score (nSPS) is 15.9. The van der Waals surface area contributed by atoms with Crippen LogP contribution in [-0.4, -0.2) is 30.6 Å². The number of carbonyl (C=O) groups excluding carboxylic acids is 2. The van der Waals surface area contributed by atoms with Crippen molar-refractivity contribution in [3.05, 3.63) is 35.9 Å². The van der Waals surface area contributed by atoms with Crippen LogP contribution >= 0.6 is 0 Å². The summed E-state index contributed by atoms with van der Waals surface area (Å²) < 4.78 is 0. The van der Waals surface area contributed by atoms with E-state index in [0.717, 1.165) is 25.7 Å². The van der Waals surface area contributed by atoms with Gasteiger partial charge in [-0.25, -0.2) is 4.79 Å². The molecule has 144 valence electrons. The summed E-state index contributed by atoms with van der Waals surface area (Å²) in [7, 11) is 0. The molecule has 0 aliphatic heterocycles. The van der Waals surface area contributed by atoms with Crippen LogP contribution in [0.3, 0.4) is 0 Å². The minimum absolute atomic E-state index is 0.0556. The molecule has 5 heteroatoms. The zero-order valence-electron chi connectivity index (χ0n) is 15.9. The van der Waals surface area contributed by atoms with Crippen LogP contribution in [0.1, 0.15) is 63.9 Å². The average molecular weight is 360 g/mol. The molecule has 1 aromatic rings. The number of carbonyl (C=O) groups is 2. The summed E-state index contributed by atoms with van der Waals surface area (Å²) in [6.45, 7) is 2.57. The topological polar surface area (TPSA) is 70.2 Å². The van der Waals surface area contributed by atoms with Crippen LogP contribution in [0, 0.1) is 0 Å². The van der Waals surface area contributed by atoms with E-state index in [-0.39, 0.29) is 18.0 Å². The van der Waals surface area contributed by atoms with Crippen LogP contribution in [0.5, 0.6) is 0 Å². The summed E-state index contributed by atoms with van der Waals surface area (Å²) >= 11 is 0. The molecule has 0 saturated heterocycles. The average Bonchev–Trinajstić information content (AvgIpc) is 2.65. The minimum atomic E-state index is -0.103. The maximum absolute atomic E-state index is 12.0. The molecule has 1 aromatic carbocycles. The summed E-state index contributed by atoms with van der Waals surface area (Å²) in [5.74, 6) is 0.0556. The van der Waals surface area contributed by atoms with Gasteiger partial charge in [-0.3, -0.25) is 4.79 Å². The van der Waals surface area contributed by atoms with E-state index in [9.17, 15) is 9.59 Å². The van der Waals surface area contributed by atoms with Crippen LogP contribution in [0.15, 0.2) is 30.3 Å². The number of nitrogens with one attached hydrogen (secondary N) is 3. The molecule has 2 rings (SSSR count). The Kier molecular flexibility index (Phi) is 9.01. The first-order chi connectivity index (χ1) is 12.6. The van der Waals surface area contributed by atoms with Gasteiger partial charge in [0.15, 0.2) is 0 Å². The number of benzene rings is 1. The lowest BCUT2D eigenvalue weighted by molar-refractivity contribution is -0.121. The highest BCUT2D eigenvalue weighted by Gasteiger charge is 2.15. The molecule has 1 aliphatic rings. The zero-order chi connectivity index (χ0) is 18.6. The molecule has 3 amide bonds. The summed E-state index contributed by atoms with van der Waals surface area (Å²) in [6.07, 6.45) is 8.84. The molecule has 5 nitrogen and oxygen atoms in total. The van der Waals surface area contributed by atoms with Gasteiger partial charge in [0.05, 0.1) is 0 Å². The Labute approximate surface area is 157 Å². The number of rotatable bonds is 9. The zero-order valence-corrected chi connectivity index (χ0v) is 15.9. The van der Waals surface area contributed by atoms with Gasteiger partial charge in [0.25, 0.3) is 0 Å². The third-order valence-corrected chi connectivity index (χ3v) is 4.92. The highest BCUT2D eigenvalue weighted by atomic mass is 16.2. The van der Waals surface area contributed by atoms with E-state index in [2.05, 4.69) is 28.1 Å². The van der Waals surface area contributed by atoms with E-state index >= 15 is 0 Å². The fraction of sp³-hybridized carbons (Fsp3) is 0.619. The lowest BCUT2D eigenvalue weighted by Crippen LogP contribution is -2.43. The predicted molar refractivity (Wildman–Crippen MR) is 105 cm³/mol. The second-order valence-corrected chi connectivity index (χ2v) is 7.33. The van der Waals surface area contributed by atoms with E-state index in [1.807, 2.05) is 25.1 Å². The Morgan fingerprint density at radius 1 is 1.12 bits per heavy atom. The van der Waals surface area contributed by atoms with Crippen LogP contribution in [0.4, 0.5) is 4.79 Å². The van der Waals surface area contributed by atoms with Gasteiger partial charge in [0.2, 0.25) is 5.91 Å². The van der Waals surface area contributed by atoms with Gasteiger partial charge in [0.1, 0.15) is 0 Å². The lowest BCUT2D eigenvalue weighted by atomic mass is 9.96. The molecule has 0 radical (unpaired) electrons. The van der Waals surface area contributed by atoms with Gasteiger partial charge in [-0.2, -0.15) is 0 Å². The van der Waals surface area contributed by atoms with Crippen molar-refractivity contribution < 1.29 is 9.59 Å². The van der Waals surface area contributed by atoms with E-state index < -0.39 is 0 Å². The summed E-state index contributed by atoms with van der Waals surface area (Å²) in [5, 5.41) is 8.91. The number of amides is 3. The third kappa shape index (κ3) is 8.37. The lowest BCUT2D eigenvalue weighted by Gasteiger charge is -2.22. The molecular weight excluding hydrogens is 326 g/mol. The van der Waals surface area contributed by atoms with Gasteiger partial charge < -0.3 is 16.0 Å². The highest BCUT2D eigenvalue weighted by Crippen LogP contribution is 2.17. The highest BCUT2D eigenvalue weighted by molar-refractivity contribution is 5.76. The first kappa shape index (κ1) is 20.3. The molecule has 1 fully saturated rings. The van der Waals surface area contributed by atoms with Gasteiger partial charge in [-0.1, -0.05) is 49.6 Å². The SMILES string of the molecule is C[C@@H](CCc1ccccc1)NC(=O)CCCNC(=O)NC1CCCCC1. The molecule has 1 atom stereocenters. The smallest absolute Gasteiger partial charge is 0.315 e. The van der Waals surface area contributed by atoms with Crippen LogP contribution in [0.2, 0.25) is 0 Å². The Morgan fingerprint density at radius 2 is 1.85 bits per heavy atom. The molecule has 1 saturated carbocycles. The summed E-state index contributed by atoms with van der Waals surface area (Å²) in [6, 6.07) is 10.7. The van der Waals surface area contributed by atoms with Gasteiger partial charge in [-0.05, 0) is 44.6 Å². The number of hydrogen-bond acceptors (Lipinski definition) is 2. The largest absolute Gasteiger partial charge is 0.354 e. The molecule has 1 aliphatic carbocycles. The first-order valence-electron chi connectivity index (χ1n) is 10.0. The second-order valence-electron chi connectivity index (χ2n) is 7.33. The van der Waals surface area contributed by atoms with Gasteiger partial charge in [0, 0.05) is 25.0 Å². The van der Waals surface area contributed by atoms with Crippen LogP contribution in [0.25, 0.3) is 0 Å². The monoisotopic (exact) mass is 359 g/mol. The summed E-state index contributed by atoms with van der Waals surface area (Å²) in [5.41, 5.74) is 1.29. The fourth-order valence-corrected chi connectivity index (χ4v) is 3.38. The quantitative estimate of drug-likeness (QED) is 0.590. The van der Waals surface area contributed by atoms with Crippen molar-refractivity contribution in [1.82, 2.24) is 16.0 Å². The van der Waals surface area contributed by atoms with Gasteiger partial charge >= 0.3 is 6.03 Å². The molecule has 0 unspecified atom stereocenters. The molecule has 3 N–H and O–H groups in total. The Bertz CT molecular complexity index is 541. The van der Waals surface area contributed by atoms with E-state index in [0.29, 0.717) is 25.4 Å². The molecule has 0 spiro atoms. The Hall–Kier alpha value is -2.04. The molecule has 0 bridgehead atoms. The number of hydrogen-bond donors (Lipinski definition) is 3. The Balaban J connectivity index is 1.50. The maximum atomic E-state index is 12.0. The standard InChI is InChI=1S/C21H33N3O2/c1-17(14-15-18-9-4-2-5-10-18)23-20(25)13-8-16-22-21(26)24-19-11-6-3-7-12-19/h2,4-5,9-10,17,19H,3,6-8,11-16H2,1H3,(H,23,25)(H2,22,24,26)/t17-/m0/s1. The summed E-state index contributed by atoms with van der Waals surface area (Å²) in [4.78, 5) is 23.8. The van der Waals surface area contributed by atoms with E-state index in [1.165, 1.54) is 24.8 Å². The predicted octanol–water partition coefficient (Wildman–Crippen LogP) is 3.54. The molecule has 26 heavy (non-hydrogen) atoms. The van der Waals surface area contributed by atoms with Crippen LogP contribution in [-0.2, 0) is 11.2 Å². The maximum Gasteiger partial charge on any atom is 0.315 e. The number of urea groups is 1. The van der Waals surface area contributed by atoms with E-state index in [1.54, 1.807) is 0 Å². The molecule has 0 heterocycles. The van der Waals surface area contributed by atoms with Crippen molar-refractivity contribution in [2.75, 3.05) is 6.54 Å². The van der Waals surface area contributed by atoms with Crippen molar-refractivity contribution in [3.8, 4) is 0 Å². The van der Waals surface area contributed by atoms with Crippen molar-refractivity contribution in [2.24, 2.45) is 0 Å². The van der Waals surface area contributed by atoms with Crippen molar-refractivity contribution in [3.63, 3.8) is 0 Å². The Morgan fingerprint density at radius 3 is 2.58 bits per heavy atom. The van der Waals surface area contributed by atoms with Crippen molar-refractivity contribution >= 4 is 11.9 Å². The van der Waals surface area contributed by atoms with Crippen LogP contribution < -0.4 is 16.0 Å². The van der Waals surface area contributed by atoms with E-state index in [4.69, 9.17) is 0 Å². The van der Waals surface area contributed by atoms with Gasteiger partial charge in [-0.15, -0.1) is 0 Å². The molecular formula is C21H33N3O2. The number of aryl methyl sites for hydroxylation is 1. The van der Waals surface area contributed by atoms with Crippen molar-refractivity contribution in [1.29, 1.82) is 0 Å². The first-order valence-corrected chi connectivity index (χ1v) is 10.0. The minimum Gasteiger partial charge on any atom is -0.354 e. The fourth-order valence-electron chi connectivity index (χ4n) is 3.38. The molecule has 0 aromatic heterocycles.